The molecule has 208 valence electrons. The Hall–Kier alpha value is -1.99. The van der Waals surface area contributed by atoms with Gasteiger partial charge in [0.25, 0.3) is 0 Å². The SMILES string of the molecule is CCCN(CCCCCCNCCc1ccc(C(=O)OC)cc1)[C@H]1CCc2c(ccc(O)c2O)C1.Cl.Cl. The third kappa shape index (κ3) is 10.0. The van der Waals surface area contributed by atoms with Gasteiger partial charge in [0, 0.05) is 11.6 Å². The summed E-state index contributed by atoms with van der Waals surface area (Å²) in [5.74, 6) is -0.220. The van der Waals surface area contributed by atoms with Crippen LogP contribution >= 0.6 is 24.8 Å². The number of carbonyl (C=O) groups is 1. The lowest BCUT2D eigenvalue weighted by Crippen LogP contribution is -2.40. The zero-order valence-corrected chi connectivity index (χ0v) is 23.8. The molecular weight excluding hydrogens is 511 g/mol. The first-order valence-corrected chi connectivity index (χ1v) is 13.2. The molecule has 1 atom stereocenters. The molecule has 2 aromatic carbocycles. The molecule has 6 nitrogen and oxygen atoms in total. The molecule has 3 rings (SSSR count). The summed E-state index contributed by atoms with van der Waals surface area (Å²) < 4.78 is 4.74. The van der Waals surface area contributed by atoms with Crippen LogP contribution in [0.5, 0.6) is 11.5 Å². The Labute approximate surface area is 234 Å². The van der Waals surface area contributed by atoms with Crippen molar-refractivity contribution in [1.82, 2.24) is 10.2 Å². The van der Waals surface area contributed by atoms with Gasteiger partial charge in [-0.05, 0) is 100 Å². The van der Waals surface area contributed by atoms with Gasteiger partial charge in [-0.2, -0.15) is 0 Å². The first-order valence-electron chi connectivity index (χ1n) is 13.2. The van der Waals surface area contributed by atoms with Crippen molar-refractivity contribution in [2.45, 2.75) is 70.8 Å². The molecule has 0 spiro atoms. The normalized spacial score (nSPS) is 14.4. The molecule has 0 amide bonds. The van der Waals surface area contributed by atoms with E-state index in [0.717, 1.165) is 63.8 Å². The summed E-state index contributed by atoms with van der Waals surface area (Å²) in [5, 5.41) is 23.5. The number of halogens is 2. The van der Waals surface area contributed by atoms with Crippen LogP contribution in [-0.4, -0.2) is 60.4 Å². The number of esters is 1. The minimum atomic E-state index is -0.294. The Morgan fingerprint density at radius 3 is 2.43 bits per heavy atom. The predicted octanol–water partition coefficient (Wildman–Crippen LogP) is 5.69. The summed E-state index contributed by atoms with van der Waals surface area (Å²) in [6, 6.07) is 11.8. The second-order valence-corrected chi connectivity index (χ2v) is 9.61. The number of hydrogen-bond donors (Lipinski definition) is 3. The van der Waals surface area contributed by atoms with Gasteiger partial charge in [-0.25, -0.2) is 4.79 Å². The number of fused-ring (bicyclic) bond motifs is 1. The van der Waals surface area contributed by atoms with Crippen molar-refractivity contribution in [3.63, 3.8) is 0 Å². The summed E-state index contributed by atoms with van der Waals surface area (Å²) in [4.78, 5) is 14.1. The van der Waals surface area contributed by atoms with Gasteiger partial charge in [-0.15, -0.1) is 24.8 Å². The molecule has 37 heavy (non-hydrogen) atoms. The predicted molar refractivity (Wildman–Crippen MR) is 155 cm³/mol. The van der Waals surface area contributed by atoms with Crippen molar-refractivity contribution in [3.8, 4) is 11.5 Å². The maximum absolute atomic E-state index is 11.5. The lowest BCUT2D eigenvalue weighted by molar-refractivity contribution is 0.0600. The Bertz CT molecular complexity index is 940. The average molecular weight is 556 g/mol. The largest absolute Gasteiger partial charge is 0.504 e. The number of ether oxygens (including phenoxy) is 1. The smallest absolute Gasteiger partial charge is 0.337 e. The molecule has 8 heteroatoms. The van der Waals surface area contributed by atoms with Crippen LogP contribution in [0.2, 0.25) is 0 Å². The number of carbonyl (C=O) groups excluding carboxylic acids is 1. The molecule has 0 aliphatic heterocycles. The molecular formula is C29H44Cl2N2O4. The van der Waals surface area contributed by atoms with Crippen LogP contribution in [0.1, 0.15) is 72.5 Å². The van der Waals surface area contributed by atoms with E-state index in [1.54, 1.807) is 6.07 Å². The molecule has 0 radical (unpaired) electrons. The average Bonchev–Trinajstić information content (AvgIpc) is 2.89. The van der Waals surface area contributed by atoms with Gasteiger partial charge in [0.05, 0.1) is 12.7 Å². The van der Waals surface area contributed by atoms with Gasteiger partial charge in [0.2, 0.25) is 0 Å². The Morgan fingerprint density at radius 1 is 1.00 bits per heavy atom. The quantitative estimate of drug-likeness (QED) is 0.158. The minimum Gasteiger partial charge on any atom is -0.504 e. The number of nitrogens with zero attached hydrogens (tertiary/aromatic N) is 1. The number of aromatic hydroxyl groups is 2. The standard InChI is InChI=1S/C29H42N2O4.2ClH/c1-3-19-31(25-13-14-26-24(21-25)12-15-27(32)28(26)33)20-7-5-4-6-17-30-18-16-22-8-10-23(11-9-22)29(34)35-2;;/h8-12,15,25,30,32-33H,3-7,13-14,16-21H2,1-2H3;2*1H/t25-;;/m0../s1. The zero-order valence-electron chi connectivity index (χ0n) is 22.2. The number of benzene rings is 2. The molecule has 1 aliphatic carbocycles. The number of phenols is 2. The number of nitrogens with one attached hydrogen (secondary N) is 1. The molecule has 0 bridgehead atoms. The summed E-state index contributed by atoms with van der Waals surface area (Å²) in [6.07, 6.45) is 9.83. The van der Waals surface area contributed by atoms with Crippen molar-refractivity contribution >= 4 is 30.8 Å². The molecule has 0 aromatic heterocycles. The lowest BCUT2D eigenvalue weighted by atomic mass is 9.86. The van der Waals surface area contributed by atoms with E-state index in [2.05, 4.69) is 17.1 Å². The molecule has 1 aliphatic rings. The van der Waals surface area contributed by atoms with Crippen molar-refractivity contribution in [3.05, 3.63) is 58.7 Å². The van der Waals surface area contributed by atoms with E-state index in [4.69, 9.17) is 4.74 Å². The maximum Gasteiger partial charge on any atom is 0.337 e. The minimum absolute atomic E-state index is 0. The third-order valence-corrected chi connectivity index (χ3v) is 7.08. The van der Waals surface area contributed by atoms with Crippen LogP contribution in [0.4, 0.5) is 0 Å². The number of rotatable bonds is 14. The monoisotopic (exact) mass is 554 g/mol. The van der Waals surface area contributed by atoms with Crippen LogP contribution in [-0.2, 0) is 24.0 Å². The zero-order chi connectivity index (χ0) is 25.0. The second kappa shape index (κ2) is 17.5. The summed E-state index contributed by atoms with van der Waals surface area (Å²) >= 11 is 0. The van der Waals surface area contributed by atoms with Gasteiger partial charge in [0.1, 0.15) is 0 Å². The van der Waals surface area contributed by atoms with Crippen LogP contribution in [0, 0.1) is 0 Å². The van der Waals surface area contributed by atoms with Gasteiger partial charge in [-0.1, -0.05) is 38.0 Å². The van der Waals surface area contributed by atoms with Gasteiger partial charge >= 0.3 is 5.97 Å². The van der Waals surface area contributed by atoms with E-state index >= 15 is 0 Å². The van der Waals surface area contributed by atoms with Gasteiger partial charge < -0.3 is 25.2 Å². The number of unbranched alkanes of at least 4 members (excludes halogenated alkanes) is 3. The third-order valence-electron chi connectivity index (χ3n) is 7.08. The molecule has 2 aromatic rings. The molecule has 0 unspecified atom stereocenters. The van der Waals surface area contributed by atoms with Crippen molar-refractivity contribution in [2.24, 2.45) is 0 Å². The highest BCUT2D eigenvalue weighted by molar-refractivity contribution is 5.89. The molecule has 0 saturated carbocycles. The van der Waals surface area contributed by atoms with Crippen LogP contribution < -0.4 is 5.32 Å². The highest BCUT2D eigenvalue weighted by Gasteiger charge is 2.26. The summed E-state index contributed by atoms with van der Waals surface area (Å²) in [6.45, 7) is 6.47. The summed E-state index contributed by atoms with van der Waals surface area (Å²) in [7, 11) is 1.40. The number of methoxy groups -OCH3 is 1. The van der Waals surface area contributed by atoms with Crippen LogP contribution in [0.3, 0.4) is 0 Å². The van der Waals surface area contributed by atoms with E-state index in [1.807, 2.05) is 30.3 Å². The van der Waals surface area contributed by atoms with E-state index < -0.39 is 0 Å². The number of hydrogen-bond acceptors (Lipinski definition) is 6. The maximum atomic E-state index is 11.5. The van der Waals surface area contributed by atoms with Crippen LogP contribution in [0.15, 0.2) is 36.4 Å². The number of phenolic OH excluding ortho intramolecular Hbond substituents is 2. The highest BCUT2D eigenvalue weighted by Crippen LogP contribution is 2.36. The van der Waals surface area contributed by atoms with Gasteiger partial charge in [0.15, 0.2) is 11.5 Å². The van der Waals surface area contributed by atoms with Crippen molar-refractivity contribution in [1.29, 1.82) is 0 Å². The Kier molecular flexibility index (Phi) is 15.6. The molecule has 0 fully saturated rings. The summed E-state index contributed by atoms with van der Waals surface area (Å²) in [5.41, 5.74) is 3.93. The second-order valence-electron chi connectivity index (χ2n) is 9.61. The van der Waals surface area contributed by atoms with E-state index in [1.165, 1.54) is 43.9 Å². The van der Waals surface area contributed by atoms with Crippen LogP contribution in [0.25, 0.3) is 0 Å². The van der Waals surface area contributed by atoms with Crippen molar-refractivity contribution < 1.29 is 19.7 Å². The molecule has 3 N–H and O–H groups in total. The molecule has 0 saturated heterocycles. The van der Waals surface area contributed by atoms with Gasteiger partial charge in [-0.3, -0.25) is 0 Å². The fourth-order valence-corrected chi connectivity index (χ4v) is 5.08. The van der Waals surface area contributed by atoms with Crippen molar-refractivity contribution in [2.75, 3.05) is 33.3 Å². The first-order chi connectivity index (χ1) is 17.0. The Balaban J connectivity index is 0.00000342. The lowest BCUT2D eigenvalue weighted by Gasteiger charge is -2.35. The Morgan fingerprint density at radius 2 is 1.73 bits per heavy atom. The van der Waals surface area contributed by atoms with E-state index in [9.17, 15) is 15.0 Å². The topological polar surface area (TPSA) is 82.0 Å². The fraction of sp³-hybridized carbons (Fsp3) is 0.552. The molecule has 0 heterocycles. The first kappa shape index (κ1) is 33.0. The highest BCUT2D eigenvalue weighted by atomic mass is 35.5. The fourth-order valence-electron chi connectivity index (χ4n) is 5.08. The van der Waals surface area contributed by atoms with E-state index in [0.29, 0.717) is 11.6 Å². The van der Waals surface area contributed by atoms with E-state index in [-0.39, 0.29) is 42.3 Å².